The highest BCUT2D eigenvalue weighted by molar-refractivity contribution is 5.94. The number of carbonyl (C=O) groups is 1. The number of hydrogen-bond donors (Lipinski definition) is 1. The zero-order chi connectivity index (χ0) is 21.5. The number of hydrogen-bond acceptors (Lipinski definition) is 3. The summed E-state index contributed by atoms with van der Waals surface area (Å²) in [5, 5.41) is 3.01. The minimum absolute atomic E-state index is 0.0254. The Labute approximate surface area is 185 Å². The van der Waals surface area contributed by atoms with Gasteiger partial charge in [0, 0.05) is 51.4 Å². The van der Waals surface area contributed by atoms with Gasteiger partial charge in [0.05, 0.1) is 0 Å². The van der Waals surface area contributed by atoms with E-state index < -0.39 is 0 Å². The molecule has 1 aliphatic heterocycles. The lowest BCUT2D eigenvalue weighted by molar-refractivity contribution is 0.0951. The van der Waals surface area contributed by atoms with Gasteiger partial charge in [0.25, 0.3) is 5.91 Å². The molecule has 31 heavy (non-hydrogen) atoms. The number of piperazine rings is 1. The third-order valence-corrected chi connectivity index (χ3v) is 5.87. The fraction of sp³-hybridized carbons (Fsp3) is 0.296. The molecular formula is C27H31N3O. The van der Waals surface area contributed by atoms with Gasteiger partial charge in [-0.3, -0.25) is 14.6 Å². The molecule has 0 unspecified atom stereocenters. The molecule has 0 aliphatic carbocycles. The maximum atomic E-state index is 12.5. The normalized spacial score (nSPS) is 15.0. The van der Waals surface area contributed by atoms with Crippen LogP contribution >= 0.6 is 0 Å². The number of benzene rings is 3. The number of aryl methyl sites for hydroxylation is 1. The van der Waals surface area contributed by atoms with Crippen molar-refractivity contribution in [1.29, 1.82) is 0 Å². The molecule has 4 rings (SSSR count). The van der Waals surface area contributed by atoms with Gasteiger partial charge in [-0.2, -0.15) is 0 Å². The minimum Gasteiger partial charge on any atom is -0.348 e. The Morgan fingerprint density at radius 1 is 0.742 bits per heavy atom. The topological polar surface area (TPSA) is 35.6 Å². The Bertz CT molecular complexity index is 977. The van der Waals surface area contributed by atoms with E-state index in [4.69, 9.17) is 0 Å². The van der Waals surface area contributed by atoms with Gasteiger partial charge in [0.1, 0.15) is 0 Å². The number of nitrogens with zero attached hydrogens (tertiary/aromatic N) is 2. The van der Waals surface area contributed by atoms with Gasteiger partial charge in [-0.25, -0.2) is 0 Å². The molecule has 3 aromatic carbocycles. The van der Waals surface area contributed by atoms with Gasteiger partial charge >= 0.3 is 0 Å². The maximum Gasteiger partial charge on any atom is 0.251 e. The lowest BCUT2D eigenvalue weighted by Crippen LogP contribution is -2.45. The zero-order valence-corrected chi connectivity index (χ0v) is 18.3. The first-order valence-electron chi connectivity index (χ1n) is 11.1. The first-order valence-corrected chi connectivity index (χ1v) is 11.1. The van der Waals surface area contributed by atoms with E-state index in [1.165, 1.54) is 16.7 Å². The third kappa shape index (κ3) is 6.27. The molecule has 0 radical (unpaired) electrons. The smallest absolute Gasteiger partial charge is 0.251 e. The van der Waals surface area contributed by atoms with Crippen molar-refractivity contribution in [3.63, 3.8) is 0 Å². The van der Waals surface area contributed by atoms with Crippen molar-refractivity contribution in [1.82, 2.24) is 15.1 Å². The Balaban J connectivity index is 1.23. The average Bonchev–Trinajstić information content (AvgIpc) is 2.80. The maximum absolute atomic E-state index is 12.5. The largest absolute Gasteiger partial charge is 0.348 e. The van der Waals surface area contributed by atoms with Crippen molar-refractivity contribution < 1.29 is 4.79 Å². The van der Waals surface area contributed by atoms with E-state index in [0.29, 0.717) is 12.1 Å². The van der Waals surface area contributed by atoms with E-state index in [9.17, 15) is 4.79 Å². The van der Waals surface area contributed by atoms with Crippen molar-refractivity contribution in [3.05, 3.63) is 107 Å². The minimum atomic E-state index is -0.0254. The number of amides is 1. The molecule has 0 aromatic heterocycles. The predicted molar refractivity (Wildman–Crippen MR) is 126 cm³/mol. The quantitative estimate of drug-likeness (QED) is 0.629. The summed E-state index contributed by atoms with van der Waals surface area (Å²) in [6, 6.07) is 26.9. The first-order chi connectivity index (χ1) is 15.2. The molecule has 0 spiro atoms. The van der Waals surface area contributed by atoms with Crippen LogP contribution in [0.2, 0.25) is 0 Å². The lowest BCUT2D eigenvalue weighted by Gasteiger charge is -2.34. The van der Waals surface area contributed by atoms with Crippen LogP contribution < -0.4 is 5.32 Å². The average molecular weight is 414 g/mol. The van der Waals surface area contributed by atoms with Gasteiger partial charge in [-0.15, -0.1) is 0 Å². The Kier molecular flexibility index (Phi) is 7.13. The van der Waals surface area contributed by atoms with Crippen LogP contribution in [0.1, 0.15) is 32.6 Å². The second-order valence-corrected chi connectivity index (χ2v) is 8.41. The van der Waals surface area contributed by atoms with Crippen LogP contribution in [0.15, 0.2) is 78.9 Å². The number of nitrogens with one attached hydrogen (secondary N) is 1. The molecule has 4 nitrogen and oxygen atoms in total. The van der Waals surface area contributed by atoms with E-state index in [-0.39, 0.29) is 5.91 Å². The van der Waals surface area contributed by atoms with Gasteiger partial charge in [0.15, 0.2) is 0 Å². The monoisotopic (exact) mass is 413 g/mol. The zero-order valence-electron chi connectivity index (χ0n) is 18.3. The summed E-state index contributed by atoms with van der Waals surface area (Å²) in [4.78, 5) is 17.5. The molecule has 1 amide bonds. The highest BCUT2D eigenvalue weighted by Crippen LogP contribution is 2.13. The van der Waals surface area contributed by atoms with E-state index >= 15 is 0 Å². The Hall–Kier alpha value is -2.95. The van der Waals surface area contributed by atoms with Crippen molar-refractivity contribution in [2.24, 2.45) is 0 Å². The predicted octanol–water partition coefficient (Wildman–Crippen LogP) is 4.24. The molecule has 1 fully saturated rings. The van der Waals surface area contributed by atoms with Crippen LogP contribution in [0.3, 0.4) is 0 Å². The summed E-state index contributed by atoms with van der Waals surface area (Å²) in [5.74, 6) is -0.0254. The standard InChI is InChI=1S/C27H31N3O/c1-22-6-5-9-25(18-22)19-28-27(31)26-12-10-24(11-13-26)21-30-16-14-29(15-17-30)20-23-7-3-2-4-8-23/h2-13,18H,14-17,19-21H2,1H3,(H,28,31). The molecule has 1 saturated heterocycles. The van der Waals surface area contributed by atoms with E-state index in [2.05, 4.69) is 76.6 Å². The SMILES string of the molecule is Cc1cccc(CNC(=O)c2ccc(CN3CCN(Cc4ccccc4)CC3)cc2)c1. The Morgan fingerprint density at radius 2 is 1.32 bits per heavy atom. The fourth-order valence-electron chi connectivity index (χ4n) is 4.07. The number of rotatable bonds is 7. The molecule has 3 aromatic rings. The molecule has 160 valence electrons. The molecule has 0 bridgehead atoms. The van der Waals surface area contributed by atoms with Crippen molar-refractivity contribution in [2.75, 3.05) is 26.2 Å². The molecule has 0 atom stereocenters. The molecule has 4 heteroatoms. The van der Waals surface area contributed by atoms with Crippen LogP contribution in [0.5, 0.6) is 0 Å². The van der Waals surface area contributed by atoms with E-state index in [0.717, 1.165) is 44.8 Å². The fourth-order valence-corrected chi connectivity index (χ4v) is 4.07. The summed E-state index contributed by atoms with van der Waals surface area (Å²) in [6.45, 7) is 8.91. The third-order valence-electron chi connectivity index (χ3n) is 5.87. The summed E-state index contributed by atoms with van der Waals surface area (Å²) in [5.41, 5.74) is 5.68. The van der Waals surface area contributed by atoms with Crippen molar-refractivity contribution >= 4 is 5.91 Å². The number of carbonyl (C=O) groups excluding carboxylic acids is 1. The van der Waals surface area contributed by atoms with Gasteiger partial charge in [-0.1, -0.05) is 72.3 Å². The van der Waals surface area contributed by atoms with E-state index in [1.54, 1.807) is 0 Å². The summed E-state index contributed by atoms with van der Waals surface area (Å²) < 4.78 is 0. The van der Waals surface area contributed by atoms with E-state index in [1.807, 2.05) is 24.3 Å². The van der Waals surface area contributed by atoms with Crippen LogP contribution in [0.25, 0.3) is 0 Å². The van der Waals surface area contributed by atoms with Crippen LogP contribution in [0.4, 0.5) is 0 Å². The molecule has 1 aliphatic rings. The highest BCUT2D eigenvalue weighted by atomic mass is 16.1. The van der Waals surface area contributed by atoms with Crippen LogP contribution in [0, 0.1) is 6.92 Å². The summed E-state index contributed by atoms with van der Waals surface area (Å²) in [6.07, 6.45) is 0. The molecule has 0 saturated carbocycles. The molecular weight excluding hydrogens is 382 g/mol. The van der Waals surface area contributed by atoms with Crippen molar-refractivity contribution in [3.8, 4) is 0 Å². The van der Waals surface area contributed by atoms with Gasteiger partial charge in [0.2, 0.25) is 0 Å². The Morgan fingerprint density at radius 3 is 1.94 bits per heavy atom. The summed E-state index contributed by atoms with van der Waals surface area (Å²) in [7, 11) is 0. The van der Waals surface area contributed by atoms with Crippen molar-refractivity contribution in [2.45, 2.75) is 26.6 Å². The lowest BCUT2D eigenvalue weighted by atomic mass is 10.1. The first kappa shape index (κ1) is 21.3. The second kappa shape index (κ2) is 10.4. The second-order valence-electron chi connectivity index (χ2n) is 8.41. The highest BCUT2D eigenvalue weighted by Gasteiger charge is 2.17. The van der Waals surface area contributed by atoms with Crippen LogP contribution in [-0.4, -0.2) is 41.9 Å². The molecule has 1 heterocycles. The molecule has 1 N–H and O–H groups in total. The van der Waals surface area contributed by atoms with Gasteiger partial charge in [-0.05, 0) is 35.7 Å². The van der Waals surface area contributed by atoms with Gasteiger partial charge < -0.3 is 5.32 Å². The van der Waals surface area contributed by atoms with Crippen LogP contribution in [-0.2, 0) is 19.6 Å². The summed E-state index contributed by atoms with van der Waals surface area (Å²) >= 11 is 0.